The maximum Gasteiger partial charge on any atom is 0.321 e. The lowest BCUT2D eigenvalue weighted by Crippen LogP contribution is -2.30. The van der Waals surface area contributed by atoms with Gasteiger partial charge in [-0.2, -0.15) is 0 Å². The number of anilines is 1. The van der Waals surface area contributed by atoms with Gasteiger partial charge in [-0.3, -0.25) is 0 Å². The molecule has 0 radical (unpaired) electrons. The summed E-state index contributed by atoms with van der Waals surface area (Å²) in [6, 6.07) is 14.7. The molecular weight excluding hydrogens is 280 g/mol. The molecule has 0 aliphatic carbocycles. The van der Waals surface area contributed by atoms with Crippen LogP contribution in [0.15, 0.2) is 48.5 Å². The normalized spacial score (nSPS) is 9.95. The Bertz CT molecular complexity index is 626. The van der Waals surface area contributed by atoms with E-state index < -0.39 is 0 Å². The second-order valence-electron chi connectivity index (χ2n) is 4.87. The van der Waals surface area contributed by atoms with Crippen molar-refractivity contribution in [1.82, 2.24) is 4.90 Å². The second kappa shape index (κ2) is 7.36. The van der Waals surface area contributed by atoms with Crippen molar-refractivity contribution in [3.05, 3.63) is 54.1 Å². The monoisotopic (exact) mass is 300 g/mol. The highest BCUT2D eigenvalue weighted by Crippen LogP contribution is 2.17. The lowest BCUT2D eigenvalue weighted by molar-refractivity contribution is 0.220. The van der Waals surface area contributed by atoms with Crippen LogP contribution >= 0.6 is 0 Å². The summed E-state index contributed by atoms with van der Waals surface area (Å²) >= 11 is 0. The second-order valence-corrected chi connectivity index (χ2v) is 4.87. The molecule has 1 N–H and O–H groups in total. The molecule has 0 fully saturated rings. The fourth-order valence-electron chi connectivity index (χ4n) is 2.01. The number of rotatable bonds is 5. The van der Waals surface area contributed by atoms with Crippen molar-refractivity contribution < 1.29 is 14.3 Å². The zero-order chi connectivity index (χ0) is 15.9. The number of amides is 2. The van der Waals surface area contributed by atoms with E-state index in [-0.39, 0.29) is 6.03 Å². The van der Waals surface area contributed by atoms with E-state index >= 15 is 0 Å². The standard InChI is InChI=1S/C17H20N2O3/c1-19(12-13-5-4-6-16(11-13)22-3)17(20)18-14-7-9-15(21-2)10-8-14/h4-11H,12H2,1-3H3,(H,18,20). The van der Waals surface area contributed by atoms with Gasteiger partial charge in [0, 0.05) is 19.3 Å². The first-order valence-electron chi connectivity index (χ1n) is 6.91. The molecule has 2 aromatic carbocycles. The Morgan fingerprint density at radius 3 is 2.36 bits per heavy atom. The fraction of sp³-hybridized carbons (Fsp3) is 0.235. The van der Waals surface area contributed by atoms with Gasteiger partial charge in [0.2, 0.25) is 0 Å². The summed E-state index contributed by atoms with van der Waals surface area (Å²) in [7, 11) is 4.98. The van der Waals surface area contributed by atoms with Crippen molar-refractivity contribution in [2.45, 2.75) is 6.54 Å². The zero-order valence-corrected chi connectivity index (χ0v) is 13.0. The van der Waals surface area contributed by atoms with Gasteiger partial charge >= 0.3 is 6.03 Å². The van der Waals surface area contributed by atoms with Crippen molar-refractivity contribution in [3.63, 3.8) is 0 Å². The minimum absolute atomic E-state index is 0.173. The number of hydrogen-bond acceptors (Lipinski definition) is 3. The Morgan fingerprint density at radius 1 is 1.05 bits per heavy atom. The van der Waals surface area contributed by atoms with Crippen LogP contribution in [0.1, 0.15) is 5.56 Å². The molecule has 0 aromatic heterocycles. The lowest BCUT2D eigenvalue weighted by Gasteiger charge is -2.18. The molecule has 2 aromatic rings. The first-order chi connectivity index (χ1) is 10.6. The van der Waals surface area contributed by atoms with Gasteiger partial charge in [-0.25, -0.2) is 4.79 Å². The quantitative estimate of drug-likeness (QED) is 0.921. The third-order valence-corrected chi connectivity index (χ3v) is 3.24. The van der Waals surface area contributed by atoms with Gasteiger partial charge in [0.1, 0.15) is 11.5 Å². The molecule has 0 saturated carbocycles. The SMILES string of the molecule is COc1ccc(NC(=O)N(C)Cc2cccc(OC)c2)cc1. The molecule has 0 aliphatic rings. The highest BCUT2D eigenvalue weighted by Gasteiger charge is 2.10. The number of methoxy groups -OCH3 is 2. The Morgan fingerprint density at radius 2 is 1.73 bits per heavy atom. The number of urea groups is 1. The molecular formula is C17H20N2O3. The summed E-state index contributed by atoms with van der Waals surface area (Å²) in [5, 5.41) is 2.84. The summed E-state index contributed by atoms with van der Waals surface area (Å²) < 4.78 is 10.3. The minimum Gasteiger partial charge on any atom is -0.497 e. The molecule has 0 atom stereocenters. The lowest BCUT2D eigenvalue weighted by atomic mass is 10.2. The largest absolute Gasteiger partial charge is 0.497 e. The summed E-state index contributed by atoms with van der Waals surface area (Å²) in [5.74, 6) is 1.53. The zero-order valence-electron chi connectivity index (χ0n) is 13.0. The van der Waals surface area contributed by atoms with Crippen LogP contribution in [0, 0.1) is 0 Å². The van der Waals surface area contributed by atoms with Crippen LogP contribution in [0.2, 0.25) is 0 Å². The number of nitrogens with zero attached hydrogens (tertiary/aromatic N) is 1. The minimum atomic E-state index is -0.173. The predicted molar refractivity (Wildman–Crippen MR) is 86.5 cm³/mol. The van der Waals surface area contributed by atoms with E-state index in [1.54, 1.807) is 50.4 Å². The van der Waals surface area contributed by atoms with Gasteiger partial charge in [-0.15, -0.1) is 0 Å². The van der Waals surface area contributed by atoms with Gasteiger partial charge in [-0.05, 0) is 42.0 Å². The summed E-state index contributed by atoms with van der Waals surface area (Å²) in [4.78, 5) is 13.8. The molecule has 5 heteroatoms. The van der Waals surface area contributed by atoms with E-state index in [1.165, 1.54) is 0 Å². The third-order valence-electron chi connectivity index (χ3n) is 3.24. The van der Waals surface area contributed by atoms with Gasteiger partial charge in [-0.1, -0.05) is 12.1 Å². The van der Waals surface area contributed by atoms with Crippen LogP contribution in [0.4, 0.5) is 10.5 Å². The molecule has 0 saturated heterocycles. The average Bonchev–Trinajstić information content (AvgIpc) is 2.55. The molecule has 116 valence electrons. The third kappa shape index (κ3) is 4.15. The smallest absolute Gasteiger partial charge is 0.321 e. The molecule has 2 amide bonds. The topological polar surface area (TPSA) is 50.8 Å². The molecule has 2 rings (SSSR count). The van der Waals surface area contributed by atoms with Crippen LogP contribution in [0.5, 0.6) is 11.5 Å². The summed E-state index contributed by atoms with van der Waals surface area (Å²) in [5.41, 5.74) is 1.73. The number of ether oxygens (including phenoxy) is 2. The maximum atomic E-state index is 12.2. The Balaban J connectivity index is 1.96. The van der Waals surface area contributed by atoms with Crippen LogP contribution in [0.25, 0.3) is 0 Å². The highest BCUT2D eigenvalue weighted by atomic mass is 16.5. The predicted octanol–water partition coefficient (Wildman–Crippen LogP) is 3.37. The van der Waals surface area contributed by atoms with E-state index in [4.69, 9.17) is 9.47 Å². The van der Waals surface area contributed by atoms with Crippen molar-refractivity contribution in [1.29, 1.82) is 0 Å². The van der Waals surface area contributed by atoms with Crippen LogP contribution in [-0.2, 0) is 6.54 Å². The number of hydrogen-bond donors (Lipinski definition) is 1. The number of benzene rings is 2. The van der Waals surface area contributed by atoms with Crippen molar-refractivity contribution in [2.75, 3.05) is 26.6 Å². The van der Waals surface area contributed by atoms with Crippen LogP contribution < -0.4 is 14.8 Å². The molecule has 0 aliphatic heterocycles. The average molecular weight is 300 g/mol. The molecule has 0 heterocycles. The Hall–Kier alpha value is -2.69. The molecule has 5 nitrogen and oxygen atoms in total. The van der Waals surface area contributed by atoms with E-state index in [1.807, 2.05) is 24.3 Å². The van der Waals surface area contributed by atoms with Crippen molar-refractivity contribution >= 4 is 11.7 Å². The number of carbonyl (C=O) groups is 1. The maximum absolute atomic E-state index is 12.2. The Labute approximate surface area is 130 Å². The number of carbonyl (C=O) groups excluding carboxylic acids is 1. The summed E-state index contributed by atoms with van der Waals surface area (Å²) in [6.07, 6.45) is 0. The fourth-order valence-corrected chi connectivity index (χ4v) is 2.01. The molecule has 22 heavy (non-hydrogen) atoms. The molecule has 0 unspecified atom stereocenters. The van der Waals surface area contributed by atoms with Gasteiger partial charge in [0.25, 0.3) is 0 Å². The van der Waals surface area contributed by atoms with Crippen LogP contribution in [0.3, 0.4) is 0 Å². The van der Waals surface area contributed by atoms with E-state index in [9.17, 15) is 4.79 Å². The summed E-state index contributed by atoms with van der Waals surface area (Å²) in [6.45, 7) is 0.499. The van der Waals surface area contributed by atoms with Gasteiger partial charge in [0.15, 0.2) is 0 Å². The first kappa shape index (κ1) is 15.7. The van der Waals surface area contributed by atoms with E-state index in [2.05, 4.69) is 5.32 Å². The highest BCUT2D eigenvalue weighted by molar-refractivity contribution is 5.89. The molecule has 0 bridgehead atoms. The van der Waals surface area contributed by atoms with Gasteiger partial charge < -0.3 is 19.7 Å². The van der Waals surface area contributed by atoms with Crippen LogP contribution in [-0.4, -0.2) is 32.2 Å². The van der Waals surface area contributed by atoms with Crippen molar-refractivity contribution in [2.24, 2.45) is 0 Å². The first-order valence-corrected chi connectivity index (χ1v) is 6.91. The Kier molecular flexibility index (Phi) is 5.25. The molecule has 0 spiro atoms. The van der Waals surface area contributed by atoms with E-state index in [0.29, 0.717) is 6.54 Å². The van der Waals surface area contributed by atoms with Gasteiger partial charge in [0.05, 0.1) is 14.2 Å². The van der Waals surface area contributed by atoms with Crippen molar-refractivity contribution in [3.8, 4) is 11.5 Å². The number of nitrogens with one attached hydrogen (secondary N) is 1. The van der Waals surface area contributed by atoms with E-state index in [0.717, 1.165) is 22.7 Å².